The van der Waals surface area contributed by atoms with E-state index in [0.717, 1.165) is 4.90 Å². The van der Waals surface area contributed by atoms with Crippen molar-refractivity contribution in [2.75, 3.05) is 13.2 Å². The molecule has 6 N–H and O–H groups in total. The van der Waals surface area contributed by atoms with Crippen LogP contribution in [0.1, 0.15) is 0 Å². The number of amides is 1. The Bertz CT molecular complexity index is 452. The third kappa shape index (κ3) is 2.30. The first kappa shape index (κ1) is 14.9. The average Bonchev–Trinajstić information content (AvgIpc) is 2.71. The van der Waals surface area contributed by atoms with Gasteiger partial charge in [0.15, 0.2) is 6.10 Å². The van der Waals surface area contributed by atoms with Gasteiger partial charge in [0.2, 0.25) is 0 Å². The monoisotopic (exact) mass is 288 g/mol. The van der Waals surface area contributed by atoms with Crippen molar-refractivity contribution >= 4 is 5.91 Å². The molecule has 0 aromatic rings. The smallest absolute Gasteiger partial charge is 0.279 e. The van der Waals surface area contributed by atoms with Crippen LogP contribution in [0.25, 0.3) is 0 Å². The van der Waals surface area contributed by atoms with Gasteiger partial charge in [-0.05, 0) is 0 Å². The molecule has 0 aromatic carbocycles. The second-order valence-electron chi connectivity index (χ2n) is 4.51. The maximum Gasteiger partial charge on any atom is 0.279 e. The lowest BCUT2D eigenvalue weighted by Crippen LogP contribution is -2.55. The molecule has 2 aliphatic heterocycles. The summed E-state index contributed by atoms with van der Waals surface area (Å²) in [6.07, 6.45) is -0.240. The predicted molar refractivity (Wildman–Crippen MR) is 62.8 cm³/mol. The number of rotatable bonds is 3. The Hall–Kier alpha value is -1.49. The summed E-state index contributed by atoms with van der Waals surface area (Å²) in [5.41, 5.74) is 1.46. The number of carbonyl (C=O) groups excluding carboxylic acids is 1. The maximum absolute atomic E-state index is 11.3. The number of nitrogens with one attached hydrogen (secondary N) is 1. The number of ether oxygens (including phenoxy) is 1. The number of hydroxylamine groups is 1. The molecular formula is C11H16N2O7. The van der Waals surface area contributed by atoms with Crippen LogP contribution in [0, 0.1) is 0 Å². The second-order valence-corrected chi connectivity index (χ2v) is 4.51. The van der Waals surface area contributed by atoms with Crippen LogP contribution in [0.3, 0.4) is 0 Å². The fourth-order valence-electron chi connectivity index (χ4n) is 2.15. The Balaban J connectivity index is 2.25. The third-order valence-corrected chi connectivity index (χ3v) is 3.26. The van der Waals surface area contributed by atoms with Crippen LogP contribution < -0.4 is 5.48 Å². The molecule has 9 heteroatoms. The molecule has 1 fully saturated rings. The van der Waals surface area contributed by atoms with Gasteiger partial charge in [-0.25, -0.2) is 5.48 Å². The van der Waals surface area contributed by atoms with Crippen LogP contribution in [0.15, 0.2) is 23.9 Å². The first-order chi connectivity index (χ1) is 9.43. The molecule has 0 bridgehead atoms. The van der Waals surface area contributed by atoms with Crippen molar-refractivity contribution in [3.8, 4) is 0 Å². The van der Waals surface area contributed by atoms with E-state index in [4.69, 9.17) is 15.1 Å². The molecule has 2 heterocycles. The van der Waals surface area contributed by atoms with Crippen molar-refractivity contribution in [3.05, 3.63) is 23.9 Å². The van der Waals surface area contributed by atoms with Crippen LogP contribution in [-0.2, 0) is 9.53 Å². The normalized spacial score (nSPS) is 37.0. The van der Waals surface area contributed by atoms with Gasteiger partial charge < -0.3 is 30.1 Å². The zero-order valence-electron chi connectivity index (χ0n) is 10.4. The van der Waals surface area contributed by atoms with E-state index in [9.17, 15) is 20.1 Å². The molecule has 1 saturated heterocycles. The molecule has 0 spiro atoms. The van der Waals surface area contributed by atoms with E-state index in [1.54, 1.807) is 0 Å². The lowest BCUT2D eigenvalue weighted by Gasteiger charge is -2.38. The van der Waals surface area contributed by atoms with Crippen LogP contribution in [0.4, 0.5) is 0 Å². The lowest BCUT2D eigenvalue weighted by molar-refractivity contribution is -0.299. The molecule has 1 amide bonds. The summed E-state index contributed by atoms with van der Waals surface area (Å²) in [7, 11) is 0. The summed E-state index contributed by atoms with van der Waals surface area (Å²) in [5.74, 6) is -3.08. The Morgan fingerprint density at radius 3 is 2.80 bits per heavy atom. The highest BCUT2D eigenvalue weighted by Gasteiger charge is 2.56. The molecule has 2 aliphatic rings. The van der Waals surface area contributed by atoms with E-state index in [2.05, 4.69) is 0 Å². The minimum absolute atomic E-state index is 0.0184. The van der Waals surface area contributed by atoms with E-state index < -0.39 is 36.7 Å². The number of hydrogen-bond acceptors (Lipinski definition) is 8. The topological polar surface area (TPSA) is 143 Å². The zero-order valence-corrected chi connectivity index (χ0v) is 10.4. The minimum Gasteiger partial charge on any atom is -0.394 e. The van der Waals surface area contributed by atoms with Crippen molar-refractivity contribution in [1.82, 2.24) is 10.4 Å². The maximum atomic E-state index is 11.3. The highest BCUT2D eigenvalue weighted by Crippen LogP contribution is 2.33. The van der Waals surface area contributed by atoms with Gasteiger partial charge in [0, 0.05) is 12.7 Å². The Labute approximate surface area is 114 Å². The Kier molecular flexibility index (Phi) is 4.09. The molecule has 0 aromatic heterocycles. The summed E-state index contributed by atoms with van der Waals surface area (Å²) in [6.45, 7) is -0.488. The number of carbonyl (C=O) groups is 1. The van der Waals surface area contributed by atoms with E-state index in [-0.39, 0.29) is 12.1 Å². The Morgan fingerprint density at radius 1 is 1.55 bits per heavy atom. The molecule has 0 aliphatic carbocycles. The average molecular weight is 288 g/mol. The molecule has 0 radical (unpaired) electrons. The van der Waals surface area contributed by atoms with Gasteiger partial charge in [-0.15, -0.1) is 0 Å². The van der Waals surface area contributed by atoms with E-state index in [1.165, 1.54) is 23.8 Å². The van der Waals surface area contributed by atoms with Crippen LogP contribution in [-0.4, -0.2) is 73.8 Å². The van der Waals surface area contributed by atoms with Gasteiger partial charge in [0.05, 0.1) is 12.2 Å². The molecule has 0 unspecified atom stereocenters. The standard InChI is InChI=1S/C11H16N2O7/c14-5-7-8(15)9(16)11(18,20-7)13-3-1-2-6(4-13)10(17)12-19/h1-2,4,7-9,14-16,18-19H,3,5H2,(H,12,17)/t7-,8-,9-,11+/m1/s1. The van der Waals surface area contributed by atoms with Gasteiger partial charge in [0.25, 0.3) is 11.8 Å². The van der Waals surface area contributed by atoms with Crippen molar-refractivity contribution in [3.63, 3.8) is 0 Å². The van der Waals surface area contributed by atoms with Crippen molar-refractivity contribution in [2.45, 2.75) is 24.2 Å². The SMILES string of the molecule is O=C(NO)C1=CN([C@@]2(O)O[C@H](CO)[C@@H](O)[C@H]2O)CC=C1. The first-order valence-corrected chi connectivity index (χ1v) is 5.90. The third-order valence-electron chi connectivity index (χ3n) is 3.26. The van der Waals surface area contributed by atoms with Gasteiger partial charge in [-0.1, -0.05) is 12.2 Å². The lowest BCUT2D eigenvalue weighted by atomic mass is 10.1. The van der Waals surface area contributed by atoms with Gasteiger partial charge in [-0.2, -0.15) is 0 Å². The molecule has 4 atom stereocenters. The Morgan fingerprint density at radius 2 is 2.25 bits per heavy atom. The zero-order chi connectivity index (χ0) is 14.9. The van der Waals surface area contributed by atoms with Gasteiger partial charge in [0.1, 0.15) is 12.2 Å². The van der Waals surface area contributed by atoms with Crippen LogP contribution >= 0.6 is 0 Å². The van der Waals surface area contributed by atoms with Crippen molar-refractivity contribution < 1.29 is 35.2 Å². The summed E-state index contributed by atoms with van der Waals surface area (Å²) < 4.78 is 5.08. The van der Waals surface area contributed by atoms with Gasteiger partial charge in [-0.3, -0.25) is 10.0 Å². The van der Waals surface area contributed by atoms with Crippen LogP contribution in [0.5, 0.6) is 0 Å². The molecule has 9 nitrogen and oxygen atoms in total. The van der Waals surface area contributed by atoms with E-state index >= 15 is 0 Å². The van der Waals surface area contributed by atoms with Crippen LogP contribution in [0.2, 0.25) is 0 Å². The number of hydrogen-bond donors (Lipinski definition) is 6. The van der Waals surface area contributed by atoms with E-state index in [0.29, 0.717) is 0 Å². The number of aliphatic hydroxyl groups is 4. The summed E-state index contributed by atoms with van der Waals surface area (Å²) in [5, 5.41) is 47.5. The molecule has 112 valence electrons. The quantitative estimate of drug-likeness (QED) is 0.238. The molecule has 2 rings (SSSR count). The van der Waals surface area contributed by atoms with E-state index in [1.807, 2.05) is 0 Å². The number of aliphatic hydroxyl groups excluding tert-OH is 3. The first-order valence-electron chi connectivity index (χ1n) is 5.90. The van der Waals surface area contributed by atoms with Gasteiger partial charge >= 0.3 is 0 Å². The minimum atomic E-state index is -2.28. The molecule has 20 heavy (non-hydrogen) atoms. The fourth-order valence-corrected chi connectivity index (χ4v) is 2.15. The highest BCUT2D eigenvalue weighted by atomic mass is 16.7. The van der Waals surface area contributed by atoms with Crippen molar-refractivity contribution in [2.24, 2.45) is 0 Å². The highest BCUT2D eigenvalue weighted by molar-refractivity contribution is 5.95. The summed E-state index contributed by atoms with van der Waals surface area (Å²) in [6, 6.07) is 0. The number of nitrogens with zero attached hydrogens (tertiary/aromatic N) is 1. The second kappa shape index (κ2) is 5.48. The fraction of sp³-hybridized carbons (Fsp3) is 0.545. The predicted octanol–water partition coefficient (Wildman–Crippen LogP) is -2.99. The largest absolute Gasteiger partial charge is 0.394 e. The summed E-state index contributed by atoms with van der Waals surface area (Å²) in [4.78, 5) is 12.4. The molecular weight excluding hydrogens is 272 g/mol. The summed E-state index contributed by atoms with van der Waals surface area (Å²) >= 11 is 0. The molecule has 0 saturated carbocycles. The van der Waals surface area contributed by atoms with Crippen molar-refractivity contribution in [1.29, 1.82) is 0 Å².